The Labute approximate surface area is 60.0 Å². The van der Waals surface area contributed by atoms with Crippen molar-refractivity contribution in [3.8, 4) is 0 Å². The molecule has 0 bridgehead atoms. The smallest absolute Gasteiger partial charge is 0.151 e. The Kier molecular flexibility index (Phi) is 2.48. The van der Waals surface area contributed by atoms with Crippen LogP contribution >= 0.6 is 0 Å². The highest BCUT2D eigenvalue weighted by Gasteiger charge is 2.11. The summed E-state index contributed by atoms with van der Waals surface area (Å²) >= 11 is 0. The number of aliphatic hydroxyl groups excluding tert-OH is 1. The minimum Gasteiger partial charge on any atom is -0.392 e. The van der Waals surface area contributed by atoms with Gasteiger partial charge >= 0.3 is 0 Å². The second kappa shape index (κ2) is 3.39. The van der Waals surface area contributed by atoms with Gasteiger partial charge in [0.15, 0.2) is 6.23 Å². The summed E-state index contributed by atoms with van der Waals surface area (Å²) in [6.07, 6.45) is 5.30. The van der Waals surface area contributed by atoms with Crippen molar-refractivity contribution in [2.75, 3.05) is 13.7 Å². The Morgan fingerprint density at radius 3 is 3.10 bits per heavy atom. The highest BCUT2D eigenvalue weighted by atomic mass is 16.5. The van der Waals surface area contributed by atoms with Crippen molar-refractivity contribution in [3.63, 3.8) is 0 Å². The van der Waals surface area contributed by atoms with Gasteiger partial charge in [-0.15, -0.1) is 0 Å². The predicted molar refractivity (Wildman–Crippen MR) is 38.2 cm³/mol. The van der Waals surface area contributed by atoms with Gasteiger partial charge in [-0.25, -0.2) is 0 Å². The number of aliphatic hydroxyl groups is 1. The van der Waals surface area contributed by atoms with E-state index >= 15 is 0 Å². The molecule has 0 saturated heterocycles. The monoisotopic (exact) mass is 141 g/mol. The zero-order valence-electron chi connectivity index (χ0n) is 5.87. The fraction of sp³-hybridized carbons (Fsp3) is 0.429. The zero-order chi connectivity index (χ0) is 7.40. The summed E-state index contributed by atoms with van der Waals surface area (Å²) in [6, 6.07) is 0. The Balaban J connectivity index is 2.61. The molecule has 3 nitrogen and oxygen atoms in total. The molecular weight excluding hydrogens is 130 g/mol. The lowest BCUT2D eigenvalue weighted by molar-refractivity contribution is 0.102. The first-order valence-corrected chi connectivity index (χ1v) is 3.14. The van der Waals surface area contributed by atoms with Crippen molar-refractivity contribution in [1.29, 1.82) is 0 Å². The van der Waals surface area contributed by atoms with Gasteiger partial charge in [-0.2, -0.15) is 0 Å². The third kappa shape index (κ3) is 1.37. The second-order valence-electron chi connectivity index (χ2n) is 2.04. The van der Waals surface area contributed by atoms with Crippen LogP contribution in [-0.4, -0.2) is 25.1 Å². The number of hydrogen-bond acceptors (Lipinski definition) is 3. The number of rotatable bonds is 2. The van der Waals surface area contributed by atoms with E-state index in [9.17, 15) is 0 Å². The van der Waals surface area contributed by atoms with E-state index in [1.165, 1.54) is 0 Å². The molecule has 0 aliphatic carbocycles. The molecule has 1 atom stereocenters. The molecule has 2 N–H and O–H groups in total. The number of nitrogens with one attached hydrogen (secondary N) is 1. The minimum atomic E-state index is -0.157. The summed E-state index contributed by atoms with van der Waals surface area (Å²) in [4.78, 5) is 0. The van der Waals surface area contributed by atoms with Crippen LogP contribution in [0, 0.1) is 0 Å². The number of methoxy groups -OCH3 is 1. The molecule has 0 fully saturated rings. The topological polar surface area (TPSA) is 41.5 Å². The van der Waals surface area contributed by atoms with Crippen LogP contribution in [0.5, 0.6) is 0 Å². The lowest BCUT2D eigenvalue weighted by Gasteiger charge is -2.19. The van der Waals surface area contributed by atoms with Crippen molar-refractivity contribution in [1.82, 2.24) is 5.32 Å². The molecular formula is C7H11NO2. The van der Waals surface area contributed by atoms with Crippen molar-refractivity contribution < 1.29 is 9.84 Å². The molecule has 0 amide bonds. The van der Waals surface area contributed by atoms with E-state index in [2.05, 4.69) is 5.32 Å². The van der Waals surface area contributed by atoms with Crippen LogP contribution in [0.15, 0.2) is 23.9 Å². The normalized spacial score (nSPS) is 23.8. The Bertz CT molecular complexity index is 163. The molecule has 1 rings (SSSR count). The van der Waals surface area contributed by atoms with Crippen LogP contribution in [0.4, 0.5) is 0 Å². The van der Waals surface area contributed by atoms with Gasteiger partial charge in [-0.05, 0) is 12.3 Å². The highest BCUT2D eigenvalue weighted by Crippen LogP contribution is 2.06. The van der Waals surface area contributed by atoms with Crippen LogP contribution in [0.1, 0.15) is 0 Å². The van der Waals surface area contributed by atoms with E-state index in [1.54, 1.807) is 13.3 Å². The van der Waals surface area contributed by atoms with Gasteiger partial charge in [-0.3, -0.25) is 0 Å². The predicted octanol–water partition coefficient (Wildman–Crippen LogP) is -0.00550. The zero-order valence-corrected chi connectivity index (χ0v) is 5.87. The quantitative estimate of drug-likeness (QED) is 0.568. The standard InChI is InChI=1S/C7H11NO2/c1-10-7-6(5-9)3-2-4-8-7/h2-4,7-9H,5H2,1H3. The van der Waals surface area contributed by atoms with Crippen molar-refractivity contribution >= 4 is 0 Å². The molecule has 1 aliphatic rings. The maximum Gasteiger partial charge on any atom is 0.151 e. The lowest BCUT2D eigenvalue weighted by Crippen LogP contribution is -2.31. The van der Waals surface area contributed by atoms with Crippen LogP contribution in [0.2, 0.25) is 0 Å². The van der Waals surface area contributed by atoms with Gasteiger partial charge in [0.1, 0.15) is 0 Å². The third-order valence-corrected chi connectivity index (χ3v) is 1.41. The maximum atomic E-state index is 8.77. The largest absolute Gasteiger partial charge is 0.392 e. The Morgan fingerprint density at radius 1 is 1.80 bits per heavy atom. The average Bonchev–Trinajstić information content (AvgIpc) is 2.04. The van der Waals surface area contributed by atoms with Crippen LogP contribution in [0.3, 0.4) is 0 Å². The summed E-state index contributed by atoms with van der Waals surface area (Å²) in [5.41, 5.74) is 0.852. The summed E-state index contributed by atoms with van der Waals surface area (Å²) in [5, 5.41) is 11.7. The van der Waals surface area contributed by atoms with Gasteiger partial charge in [0.05, 0.1) is 6.61 Å². The Morgan fingerprint density at radius 2 is 2.60 bits per heavy atom. The molecule has 1 heterocycles. The molecule has 0 aromatic rings. The maximum absolute atomic E-state index is 8.77. The van der Waals surface area contributed by atoms with E-state index in [-0.39, 0.29) is 12.8 Å². The molecule has 0 radical (unpaired) electrons. The highest BCUT2D eigenvalue weighted by molar-refractivity contribution is 5.20. The molecule has 10 heavy (non-hydrogen) atoms. The van der Waals surface area contributed by atoms with Gasteiger partial charge in [0.2, 0.25) is 0 Å². The SMILES string of the molecule is COC1NC=CC=C1CO. The Hall–Kier alpha value is -0.800. The van der Waals surface area contributed by atoms with Gasteiger partial charge in [-0.1, -0.05) is 6.08 Å². The molecule has 0 spiro atoms. The van der Waals surface area contributed by atoms with E-state index in [4.69, 9.17) is 9.84 Å². The molecule has 3 heteroatoms. The summed E-state index contributed by atoms with van der Waals surface area (Å²) in [6.45, 7) is 0.0375. The summed E-state index contributed by atoms with van der Waals surface area (Å²) in [5.74, 6) is 0. The van der Waals surface area contributed by atoms with Crippen LogP contribution in [0.25, 0.3) is 0 Å². The molecule has 0 saturated carbocycles. The fourth-order valence-electron chi connectivity index (χ4n) is 0.864. The van der Waals surface area contributed by atoms with Crippen molar-refractivity contribution in [2.24, 2.45) is 0 Å². The fourth-order valence-corrected chi connectivity index (χ4v) is 0.864. The number of dihydropyridines is 1. The van der Waals surface area contributed by atoms with E-state index < -0.39 is 0 Å². The van der Waals surface area contributed by atoms with Crippen molar-refractivity contribution in [3.05, 3.63) is 23.9 Å². The second-order valence-corrected chi connectivity index (χ2v) is 2.04. The van der Waals surface area contributed by atoms with Gasteiger partial charge < -0.3 is 15.2 Å². The van der Waals surface area contributed by atoms with Crippen molar-refractivity contribution in [2.45, 2.75) is 6.23 Å². The molecule has 56 valence electrons. The lowest BCUT2D eigenvalue weighted by atomic mass is 10.2. The first-order valence-electron chi connectivity index (χ1n) is 3.14. The van der Waals surface area contributed by atoms with E-state index in [1.807, 2.05) is 12.2 Å². The van der Waals surface area contributed by atoms with Gasteiger partial charge in [0.25, 0.3) is 0 Å². The van der Waals surface area contributed by atoms with Crippen LogP contribution < -0.4 is 5.32 Å². The first kappa shape index (κ1) is 7.31. The first-order chi connectivity index (χ1) is 4.88. The molecule has 1 aliphatic heterocycles. The number of ether oxygens (including phenoxy) is 1. The number of hydrogen-bond donors (Lipinski definition) is 2. The minimum absolute atomic E-state index is 0.0375. The summed E-state index contributed by atoms with van der Waals surface area (Å²) in [7, 11) is 1.60. The molecule has 0 aromatic heterocycles. The van der Waals surface area contributed by atoms with E-state index in [0.29, 0.717) is 0 Å². The third-order valence-electron chi connectivity index (χ3n) is 1.41. The molecule has 1 unspecified atom stereocenters. The average molecular weight is 141 g/mol. The summed E-state index contributed by atoms with van der Waals surface area (Å²) < 4.78 is 5.00. The molecule has 0 aromatic carbocycles. The number of allylic oxidation sites excluding steroid dienone is 2. The van der Waals surface area contributed by atoms with Gasteiger partial charge in [0, 0.05) is 12.7 Å². The van der Waals surface area contributed by atoms with E-state index in [0.717, 1.165) is 5.57 Å². The van der Waals surface area contributed by atoms with Crippen LogP contribution in [-0.2, 0) is 4.74 Å².